The molecule has 2 aromatic rings. The molecule has 0 bridgehead atoms. The van der Waals surface area contributed by atoms with Gasteiger partial charge in [0.2, 0.25) is 0 Å². The number of nitrogens with zero attached hydrogens (tertiary/aromatic N) is 2. The molecule has 0 radical (unpaired) electrons. The number of carboxylic acid groups (broad SMARTS) is 1. The topological polar surface area (TPSA) is 89.9 Å². The Morgan fingerprint density at radius 2 is 1.74 bits per heavy atom. The minimum Gasteiger partial charge on any atom is -0.480 e. The Morgan fingerprint density at radius 1 is 1.04 bits per heavy atom. The molecule has 2 aliphatic heterocycles. The summed E-state index contributed by atoms with van der Waals surface area (Å²) >= 11 is 0. The Balaban J connectivity index is 1.59. The van der Waals surface area contributed by atoms with E-state index in [0.29, 0.717) is 30.8 Å². The molecular formula is C20H19N3O4. The second-order valence-corrected chi connectivity index (χ2v) is 6.69. The van der Waals surface area contributed by atoms with Crippen molar-refractivity contribution in [3.63, 3.8) is 0 Å². The minimum absolute atomic E-state index is 0.160. The van der Waals surface area contributed by atoms with Gasteiger partial charge in [-0.3, -0.25) is 9.69 Å². The zero-order valence-corrected chi connectivity index (χ0v) is 14.6. The maximum absolute atomic E-state index is 13.0. The second kappa shape index (κ2) is 6.75. The summed E-state index contributed by atoms with van der Waals surface area (Å²) in [5.74, 6) is -1.34. The predicted octanol–water partition coefficient (Wildman–Crippen LogP) is 1.87. The van der Waals surface area contributed by atoms with Crippen LogP contribution in [0.25, 0.3) is 0 Å². The number of aliphatic carboxylic acids is 1. The van der Waals surface area contributed by atoms with E-state index in [1.807, 2.05) is 24.3 Å². The average molecular weight is 365 g/mol. The highest BCUT2D eigenvalue weighted by molar-refractivity contribution is 5.98. The summed E-state index contributed by atoms with van der Waals surface area (Å²) in [4.78, 5) is 39.5. The molecule has 1 atom stereocenters. The number of amides is 3. The number of carbonyl (C=O) groups is 3. The van der Waals surface area contributed by atoms with Gasteiger partial charge in [0.05, 0.1) is 0 Å². The van der Waals surface area contributed by atoms with Crippen LogP contribution in [0.5, 0.6) is 0 Å². The van der Waals surface area contributed by atoms with E-state index in [0.717, 1.165) is 11.1 Å². The Morgan fingerprint density at radius 3 is 2.37 bits per heavy atom. The molecular weight excluding hydrogens is 346 g/mol. The van der Waals surface area contributed by atoms with Gasteiger partial charge in [0, 0.05) is 37.3 Å². The van der Waals surface area contributed by atoms with Crippen LogP contribution in [0.4, 0.5) is 10.5 Å². The fraction of sp³-hybridized carbons (Fsp3) is 0.250. The number of fused-ring (bicyclic) bond motifs is 1. The van der Waals surface area contributed by atoms with Gasteiger partial charge in [0.25, 0.3) is 5.91 Å². The zero-order chi connectivity index (χ0) is 19.0. The van der Waals surface area contributed by atoms with Crippen molar-refractivity contribution in [2.75, 3.05) is 18.0 Å². The Labute approximate surface area is 156 Å². The molecule has 2 aromatic carbocycles. The molecule has 1 unspecified atom stereocenters. The molecule has 1 saturated heterocycles. The zero-order valence-electron chi connectivity index (χ0n) is 14.6. The van der Waals surface area contributed by atoms with Crippen LogP contribution in [0.2, 0.25) is 0 Å². The van der Waals surface area contributed by atoms with Crippen LogP contribution in [-0.4, -0.2) is 47.0 Å². The standard InChI is InChI=1S/C20H19N3O4/c24-18(13-5-7-16(8-6-13)22-10-9-21-20(22)27)23-12-15-4-2-1-3-14(15)11-17(23)19(25)26/h1-8,17H,9-12H2,(H,21,27)(H,25,26). The fourth-order valence-electron chi connectivity index (χ4n) is 3.62. The molecule has 2 aliphatic rings. The van der Waals surface area contributed by atoms with Crippen molar-refractivity contribution in [2.24, 2.45) is 0 Å². The monoisotopic (exact) mass is 365 g/mol. The van der Waals surface area contributed by atoms with Crippen molar-refractivity contribution in [2.45, 2.75) is 19.0 Å². The van der Waals surface area contributed by atoms with Crippen LogP contribution in [0.3, 0.4) is 0 Å². The molecule has 2 heterocycles. The van der Waals surface area contributed by atoms with E-state index in [-0.39, 0.29) is 18.5 Å². The van der Waals surface area contributed by atoms with Gasteiger partial charge < -0.3 is 15.3 Å². The van der Waals surface area contributed by atoms with Crippen molar-refractivity contribution in [1.29, 1.82) is 0 Å². The summed E-state index contributed by atoms with van der Waals surface area (Å²) in [6.07, 6.45) is 0.295. The predicted molar refractivity (Wildman–Crippen MR) is 98.6 cm³/mol. The van der Waals surface area contributed by atoms with Gasteiger partial charge >= 0.3 is 12.0 Å². The number of rotatable bonds is 3. The highest BCUT2D eigenvalue weighted by Crippen LogP contribution is 2.26. The first-order valence-corrected chi connectivity index (χ1v) is 8.80. The van der Waals surface area contributed by atoms with Crippen molar-refractivity contribution >= 4 is 23.6 Å². The molecule has 7 nitrogen and oxygen atoms in total. The summed E-state index contributed by atoms with van der Waals surface area (Å²) in [5, 5.41) is 12.3. The Hall–Kier alpha value is -3.35. The Kier molecular flexibility index (Phi) is 4.27. The molecule has 4 rings (SSSR count). The first kappa shape index (κ1) is 17.1. The van der Waals surface area contributed by atoms with Crippen molar-refractivity contribution in [3.05, 3.63) is 65.2 Å². The van der Waals surface area contributed by atoms with E-state index in [4.69, 9.17) is 0 Å². The molecule has 0 aliphatic carbocycles. The van der Waals surface area contributed by atoms with E-state index in [2.05, 4.69) is 5.32 Å². The van der Waals surface area contributed by atoms with Crippen LogP contribution < -0.4 is 10.2 Å². The summed E-state index contributed by atoms with van der Waals surface area (Å²) in [5.41, 5.74) is 3.04. The van der Waals surface area contributed by atoms with Crippen LogP contribution in [0.1, 0.15) is 21.5 Å². The quantitative estimate of drug-likeness (QED) is 0.869. The molecule has 7 heteroatoms. The average Bonchev–Trinajstić information content (AvgIpc) is 3.12. The van der Waals surface area contributed by atoms with Crippen LogP contribution in [-0.2, 0) is 17.8 Å². The molecule has 1 fully saturated rings. The minimum atomic E-state index is -1.01. The summed E-state index contributed by atoms with van der Waals surface area (Å²) in [7, 11) is 0. The maximum Gasteiger partial charge on any atom is 0.326 e. The smallest absolute Gasteiger partial charge is 0.326 e. The SMILES string of the molecule is O=C(O)C1Cc2ccccc2CN1C(=O)c1ccc(N2CCNC2=O)cc1. The number of hydrogen-bond donors (Lipinski definition) is 2. The highest BCUT2D eigenvalue weighted by Gasteiger charge is 2.35. The largest absolute Gasteiger partial charge is 0.480 e. The number of hydrogen-bond acceptors (Lipinski definition) is 3. The number of anilines is 1. The van der Waals surface area contributed by atoms with E-state index < -0.39 is 12.0 Å². The van der Waals surface area contributed by atoms with E-state index in [1.165, 1.54) is 4.90 Å². The molecule has 3 amide bonds. The van der Waals surface area contributed by atoms with E-state index >= 15 is 0 Å². The molecule has 0 saturated carbocycles. The van der Waals surface area contributed by atoms with Gasteiger partial charge in [-0.25, -0.2) is 9.59 Å². The maximum atomic E-state index is 13.0. The van der Waals surface area contributed by atoms with Gasteiger partial charge in [0.15, 0.2) is 0 Å². The first-order chi connectivity index (χ1) is 13.0. The lowest BCUT2D eigenvalue weighted by molar-refractivity contribution is -0.142. The third kappa shape index (κ3) is 3.12. The van der Waals surface area contributed by atoms with Crippen LogP contribution in [0, 0.1) is 0 Å². The van der Waals surface area contributed by atoms with Gasteiger partial charge in [-0.15, -0.1) is 0 Å². The molecule has 27 heavy (non-hydrogen) atoms. The van der Waals surface area contributed by atoms with Crippen LogP contribution in [0.15, 0.2) is 48.5 Å². The third-order valence-electron chi connectivity index (χ3n) is 5.08. The lowest BCUT2D eigenvalue weighted by Gasteiger charge is -2.34. The summed E-state index contributed by atoms with van der Waals surface area (Å²) in [6.45, 7) is 1.44. The van der Waals surface area contributed by atoms with Gasteiger partial charge in [-0.05, 0) is 35.4 Å². The van der Waals surface area contributed by atoms with Gasteiger partial charge in [0.1, 0.15) is 6.04 Å². The summed E-state index contributed by atoms with van der Waals surface area (Å²) < 4.78 is 0. The lowest BCUT2D eigenvalue weighted by Crippen LogP contribution is -2.48. The lowest BCUT2D eigenvalue weighted by atomic mass is 9.93. The van der Waals surface area contributed by atoms with Gasteiger partial charge in [-0.1, -0.05) is 24.3 Å². The first-order valence-electron chi connectivity index (χ1n) is 8.80. The molecule has 0 aromatic heterocycles. The van der Waals surface area contributed by atoms with Crippen molar-refractivity contribution < 1.29 is 19.5 Å². The fourth-order valence-corrected chi connectivity index (χ4v) is 3.62. The van der Waals surface area contributed by atoms with Crippen molar-refractivity contribution in [3.8, 4) is 0 Å². The summed E-state index contributed by atoms with van der Waals surface area (Å²) in [6, 6.07) is 13.2. The molecule has 2 N–H and O–H groups in total. The third-order valence-corrected chi connectivity index (χ3v) is 5.08. The highest BCUT2D eigenvalue weighted by atomic mass is 16.4. The van der Waals surface area contributed by atoms with Crippen LogP contribution >= 0.6 is 0 Å². The number of benzene rings is 2. The van der Waals surface area contributed by atoms with Crippen molar-refractivity contribution in [1.82, 2.24) is 10.2 Å². The second-order valence-electron chi connectivity index (χ2n) is 6.69. The number of urea groups is 1. The van der Waals surface area contributed by atoms with Gasteiger partial charge in [-0.2, -0.15) is 0 Å². The Bertz CT molecular complexity index is 910. The number of carbonyl (C=O) groups excluding carboxylic acids is 2. The normalized spacial score (nSPS) is 18.8. The van der Waals surface area contributed by atoms with E-state index in [1.54, 1.807) is 29.2 Å². The molecule has 138 valence electrons. The molecule has 0 spiro atoms. The van der Waals surface area contributed by atoms with E-state index in [9.17, 15) is 19.5 Å². The number of nitrogens with one attached hydrogen (secondary N) is 1. The number of carboxylic acids is 1.